The summed E-state index contributed by atoms with van der Waals surface area (Å²) in [5, 5.41) is 0. The standard InChI is InChI=1S/C16H22O3/c1-4-5-12(3)16(17)13-6-7-14-15(8-13)19-10-11(2)9-18-14/h6-8,11-12H,4-5,9-10H2,1-3H3. The van der Waals surface area contributed by atoms with Crippen LogP contribution in [0.1, 0.15) is 44.0 Å². The third kappa shape index (κ3) is 3.28. The summed E-state index contributed by atoms with van der Waals surface area (Å²) in [7, 11) is 0. The molecule has 2 unspecified atom stereocenters. The second-order valence-electron chi connectivity index (χ2n) is 5.44. The predicted molar refractivity (Wildman–Crippen MR) is 75.0 cm³/mol. The van der Waals surface area contributed by atoms with Crippen LogP contribution in [0, 0.1) is 11.8 Å². The van der Waals surface area contributed by atoms with E-state index in [0.29, 0.717) is 24.9 Å². The highest BCUT2D eigenvalue weighted by molar-refractivity contribution is 5.98. The SMILES string of the molecule is CCCC(C)C(=O)c1ccc2c(c1)OCC(C)CO2. The Kier molecular flexibility index (Phi) is 4.46. The molecule has 0 saturated heterocycles. The lowest BCUT2D eigenvalue weighted by Gasteiger charge is -2.12. The van der Waals surface area contributed by atoms with Crippen molar-refractivity contribution >= 4 is 5.78 Å². The first-order valence-corrected chi connectivity index (χ1v) is 7.05. The second kappa shape index (κ2) is 6.09. The van der Waals surface area contributed by atoms with Crippen LogP contribution in [0.4, 0.5) is 0 Å². The number of hydrogen-bond donors (Lipinski definition) is 0. The van der Waals surface area contributed by atoms with E-state index in [9.17, 15) is 4.79 Å². The maximum Gasteiger partial charge on any atom is 0.165 e. The van der Waals surface area contributed by atoms with E-state index in [4.69, 9.17) is 9.47 Å². The normalized spacial score (nSPS) is 19.6. The highest BCUT2D eigenvalue weighted by Crippen LogP contribution is 2.32. The van der Waals surface area contributed by atoms with Gasteiger partial charge in [0.05, 0.1) is 13.2 Å². The maximum absolute atomic E-state index is 12.3. The summed E-state index contributed by atoms with van der Waals surface area (Å²) in [4.78, 5) is 12.3. The highest BCUT2D eigenvalue weighted by Gasteiger charge is 2.19. The minimum absolute atomic E-state index is 0.0636. The van der Waals surface area contributed by atoms with E-state index in [1.165, 1.54) is 0 Å². The monoisotopic (exact) mass is 262 g/mol. The topological polar surface area (TPSA) is 35.5 Å². The van der Waals surface area contributed by atoms with Crippen LogP contribution >= 0.6 is 0 Å². The van der Waals surface area contributed by atoms with E-state index >= 15 is 0 Å². The Labute approximate surface area is 114 Å². The first-order chi connectivity index (χ1) is 9.11. The lowest BCUT2D eigenvalue weighted by molar-refractivity contribution is 0.0923. The zero-order valence-electron chi connectivity index (χ0n) is 11.9. The molecule has 0 aliphatic carbocycles. The second-order valence-corrected chi connectivity index (χ2v) is 5.44. The molecule has 0 N–H and O–H groups in total. The molecule has 1 aliphatic rings. The molecule has 3 heteroatoms. The number of Topliss-reactive ketones (excluding diaryl/α,β-unsaturated/α-hetero) is 1. The summed E-state index contributed by atoms with van der Waals surface area (Å²) in [5.74, 6) is 2.05. The summed E-state index contributed by atoms with van der Waals surface area (Å²) in [6, 6.07) is 5.51. The van der Waals surface area contributed by atoms with Crippen LogP contribution in [0.25, 0.3) is 0 Å². The molecule has 1 aromatic rings. The number of benzene rings is 1. The van der Waals surface area contributed by atoms with Crippen molar-refractivity contribution in [1.82, 2.24) is 0 Å². The zero-order chi connectivity index (χ0) is 13.8. The summed E-state index contributed by atoms with van der Waals surface area (Å²) in [5.41, 5.74) is 0.720. The third-order valence-electron chi connectivity index (χ3n) is 3.44. The van der Waals surface area contributed by atoms with Gasteiger partial charge in [-0.1, -0.05) is 27.2 Å². The maximum atomic E-state index is 12.3. The predicted octanol–water partition coefficient (Wildman–Crippen LogP) is 3.71. The quantitative estimate of drug-likeness (QED) is 0.776. The Hall–Kier alpha value is -1.51. The van der Waals surface area contributed by atoms with E-state index in [-0.39, 0.29) is 11.7 Å². The van der Waals surface area contributed by atoms with Crippen LogP contribution in [0.15, 0.2) is 18.2 Å². The molecule has 1 aromatic carbocycles. The van der Waals surface area contributed by atoms with E-state index in [0.717, 1.165) is 24.2 Å². The molecular formula is C16H22O3. The number of ketones is 1. The van der Waals surface area contributed by atoms with Crippen molar-refractivity contribution in [2.45, 2.75) is 33.6 Å². The molecule has 0 amide bonds. The Morgan fingerprint density at radius 1 is 1.32 bits per heavy atom. The molecule has 3 nitrogen and oxygen atoms in total. The average Bonchev–Trinajstić information content (AvgIpc) is 2.60. The minimum atomic E-state index is 0.0636. The number of carbonyl (C=O) groups is 1. The molecule has 0 fully saturated rings. The minimum Gasteiger partial charge on any atom is -0.489 e. The first-order valence-electron chi connectivity index (χ1n) is 7.05. The molecule has 0 aromatic heterocycles. The van der Waals surface area contributed by atoms with Crippen molar-refractivity contribution < 1.29 is 14.3 Å². The summed E-state index contributed by atoms with van der Waals surface area (Å²) >= 11 is 0. The molecule has 2 atom stereocenters. The fourth-order valence-electron chi connectivity index (χ4n) is 2.25. The fraction of sp³-hybridized carbons (Fsp3) is 0.562. The Morgan fingerprint density at radius 2 is 2.00 bits per heavy atom. The molecule has 0 bridgehead atoms. The van der Waals surface area contributed by atoms with E-state index < -0.39 is 0 Å². The van der Waals surface area contributed by atoms with Crippen molar-refractivity contribution in [2.24, 2.45) is 11.8 Å². The Balaban J connectivity index is 2.19. The van der Waals surface area contributed by atoms with Crippen LogP contribution in [-0.2, 0) is 0 Å². The van der Waals surface area contributed by atoms with Gasteiger partial charge in [-0.2, -0.15) is 0 Å². The average molecular weight is 262 g/mol. The van der Waals surface area contributed by atoms with E-state index in [2.05, 4.69) is 13.8 Å². The number of rotatable bonds is 4. The van der Waals surface area contributed by atoms with Gasteiger partial charge >= 0.3 is 0 Å². The zero-order valence-corrected chi connectivity index (χ0v) is 11.9. The number of ether oxygens (including phenoxy) is 2. The van der Waals surface area contributed by atoms with Crippen molar-refractivity contribution in [1.29, 1.82) is 0 Å². The lowest BCUT2D eigenvalue weighted by atomic mass is 9.95. The van der Waals surface area contributed by atoms with Crippen LogP contribution < -0.4 is 9.47 Å². The highest BCUT2D eigenvalue weighted by atomic mass is 16.5. The third-order valence-corrected chi connectivity index (χ3v) is 3.44. The molecule has 0 saturated carbocycles. The van der Waals surface area contributed by atoms with Gasteiger partial charge in [0.15, 0.2) is 17.3 Å². The molecule has 1 aliphatic heterocycles. The van der Waals surface area contributed by atoms with E-state index in [1.54, 1.807) is 0 Å². The van der Waals surface area contributed by atoms with E-state index in [1.807, 2.05) is 25.1 Å². The van der Waals surface area contributed by atoms with Gasteiger partial charge in [-0.3, -0.25) is 4.79 Å². The molecule has 1 heterocycles. The summed E-state index contributed by atoms with van der Waals surface area (Å²) in [6.07, 6.45) is 1.94. The van der Waals surface area contributed by atoms with Gasteiger partial charge in [-0.25, -0.2) is 0 Å². The van der Waals surface area contributed by atoms with Gasteiger partial charge in [0.1, 0.15) is 0 Å². The summed E-state index contributed by atoms with van der Waals surface area (Å²) in [6.45, 7) is 7.46. The Morgan fingerprint density at radius 3 is 2.68 bits per heavy atom. The van der Waals surface area contributed by atoms with Crippen LogP contribution in [0.2, 0.25) is 0 Å². The van der Waals surface area contributed by atoms with Crippen molar-refractivity contribution in [3.63, 3.8) is 0 Å². The smallest absolute Gasteiger partial charge is 0.165 e. The summed E-state index contributed by atoms with van der Waals surface area (Å²) < 4.78 is 11.4. The Bertz CT molecular complexity index is 453. The van der Waals surface area contributed by atoms with Crippen LogP contribution in [-0.4, -0.2) is 19.0 Å². The van der Waals surface area contributed by atoms with Gasteiger partial charge in [0.2, 0.25) is 0 Å². The van der Waals surface area contributed by atoms with Gasteiger partial charge in [0, 0.05) is 17.4 Å². The molecular weight excluding hydrogens is 240 g/mol. The number of fused-ring (bicyclic) bond motifs is 1. The van der Waals surface area contributed by atoms with Gasteiger partial charge < -0.3 is 9.47 Å². The van der Waals surface area contributed by atoms with Crippen molar-refractivity contribution in [2.75, 3.05) is 13.2 Å². The lowest BCUT2D eigenvalue weighted by Crippen LogP contribution is -2.12. The van der Waals surface area contributed by atoms with Crippen LogP contribution in [0.5, 0.6) is 11.5 Å². The number of hydrogen-bond acceptors (Lipinski definition) is 3. The molecule has 19 heavy (non-hydrogen) atoms. The molecule has 2 rings (SSSR count). The number of carbonyl (C=O) groups excluding carboxylic acids is 1. The van der Waals surface area contributed by atoms with Gasteiger partial charge in [-0.15, -0.1) is 0 Å². The van der Waals surface area contributed by atoms with Crippen molar-refractivity contribution in [3.05, 3.63) is 23.8 Å². The fourth-order valence-corrected chi connectivity index (χ4v) is 2.25. The van der Waals surface area contributed by atoms with Gasteiger partial charge in [0.25, 0.3) is 0 Å². The van der Waals surface area contributed by atoms with Gasteiger partial charge in [-0.05, 0) is 24.6 Å². The first kappa shape index (κ1) is 13.9. The molecule has 104 valence electrons. The molecule has 0 spiro atoms. The largest absolute Gasteiger partial charge is 0.489 e. The van der Waals surface area contributed by atoms with Crippen molar-refractivity contribution in [3.8, 4) is 11.5 Å². The van der Waals surface area contributed by atoms with Crippen LogP contribution in [0.3, 0.4) is 0 Å². The molecule has 0 radical (unpaired) electrons.